The molecule has 1 aliphatic carbocycles. The van der Waals surface area contributed by atoms with Gasteiger partial charge < -0.3 is 11.5 Å². The molecule has 3 heterocycles. The molecule has 1 aliphatic rings. The highest BCUT2D eigenvalue weighted by atomic mass is 19.4. The third-order valence-corrected chi connectivity index (χ3v) is 6.44. The van der Waals surface area contributed by atoms with Crippen molar-refractivity contribution in [2.75, 3.05) is 11.5 Å². The van der Waals surface area contributed by atoms with E-state index in [1.165, 1.54) is 38.9 Å². The molecule has 0 unspecified atom stereocenters. The number of para-hydroxylation sites is 1. The lowest BCUT2D eigenvalue weighted by Gasteiger charge is -2.12. The molecule has 1 saturated carbocycles. The van der Waals surface area contributed by atoms with E-state index in [4.69, 9.17) is 16.6 Å². The van der Waals surface area contributed by atoms with E-state index in [-0.39, 0.29) is 28.7 Å². The highest BCUT2D eigenvalue weighted by Gasteiger charge is 2.38. The van der Waals surface area contributed by atoms with Crippen molar-refractivity contribution < 1.29 is 13.2 Å². The maximum atomic E-state index is 13.5. The quantitative estimate of drug-likeness (QED) is 0.443. The monoisotopic (exact) mass is 470 g/mol. The Hall–Kier alpha value is -3.63. The Morgan fingerprint density at radius 3 is 2.38 bits per heavy atom. The Kier molecular flexibility index (Phi) is 5.41. The lowest BCUT2D eigenvalue weighted by atomic mass is 9.99. The van der Waals surface area contributed by atoms with Gasteiger partial charge in [0.2, 0.25) is 0 Å². The molecule has 0 bridgehead atoms. The molecule has 1 aromatic carbocycles. The maximum Gasteiger partial charge on any atom is 0.435 e. The molecule has 178 valence electrons. The van der Waals surface area contributed by atoms with Crippen LogP contribution in [-0.2, 0) is 19.6 Å². The predicted octanol–water partition coefficient (Wildman–Crippen LogP) is 4.52. The number of nitrogens with two attached hydrogens (primary N) is 2. The first-order valence-electron chi connectivity index (χ1n) is 11.2. The van der Waals surface area contributed by atoms with E-state index >= 15 is 0 Å². The van der Waals surface area contributed by atoms with Gasteiger partial charge in [0, 0.05) is 24.2 Å². The molecule has 0 amide bonds. The number of rotatable bonds is 5. The van der Waals surface area contributed by atoms with Crippen molar-refractivity contribution in [3.8, 4) is 17.1 Å². The summed E-state index contributed by atoms with van der Waals surface area (Å²) in [6, 6.07) is 7.72. The first kappa shape index (κ1) is 22.2. The van der Waals surface area contributed by atoms with Crippen LogP contribution in [0.15, 0.2) is 30.5 Å². The van der Waals surface area contributed by atoms with Crippen LogP contribution in [-0.4, -0.2) is 29.5 Å². The minimum atomic E-state index is -4.68. The van der Waals surface area contributed by atoms with Crippen LogP contribution in [0.5, 0.6) is 0 Å². The van der Waals surface area contributed by atoms with Gasteiger partial charge in [0.15, 0.2) is 5.69 Å². The molecule has 1 fully saturated rings. The summed E-state index contributed by atoms with van der Waals surface area (Å²) in [5.74, 6) is 0.480. The van der Waals surface area contributed by atoms with Crippen molar-refractivity contribution in [3.05, 3.63) is 41.9 Å². The maximum absolute atomic E-state index is 13.5. The molecule has 4 aromatic rings. The first-order valence-corrected chi connectivity index (χ1v) is 11.2. The Balaban J connectivity index is 1.56. The number of anilines is 2. The number of aromatic nitrogens is 6. The summed E-state index contributed by atoms with van der Waals surface area (Å²) in [4.78, 5) is 8.59. The molecule has 0 atom stereocenters. The lowest BCUT2D eigenvalue weighted by molar-refractivity contribution is -0.140. The van der Waals surface area contributed by atoms with Gasteiger partial charge >= 0.3 is 6.18 Å². The summed E-state index contributed by atoms with van der Waals surface area (Å²) in [6.45, 7) is 0. The summed E-state index contributed by atoms with van der Waals surface area (Å²) < 4.78 is 43.1. The topological polar surface area (TPSA) is 113 Å². The summed E-state index contributed by atoms with van der Waals surface area (Å²) in [7, 11) is 1.39. The predicted molar refractivity (Wildman–Crippen MR) is 123 cm³/mol. The lowest BCUT2D eigenvalue weighted by Crippen LogP contribution is -2.12. The summed E-state index contributed by atoms with van der Waals surface area (Å²) >= 11 is 0. The number of fused-ring (bicyclic) bond motifs is 1. The van der Waals surface area contributed by atoms with Gasteiger partial charge in [-0.15, -0.1) is 0 Å². The van der Waals surface area contributed by atoms with Crippen LogP contribution in [0.25, 0.3) is 28.0 Å². The second-order valence-corrected chi connectivity index (χ2v) is 8.80. The average molecular weight is 471 g/mol. The highest BCUT2D eigenvalue weighted by Crippen LogP contribution is 2.40. The molecular weight excluding hydrogens is 445 g/mol. The largest absolute Gasteiger partial charge is 0.435 e. The zero-order valence-electron chi connectivity index (χ0n) is 18.7. The van der Waals surface area contributed by atoms with Gasteiger partial charge in [-0.1, -0.05) is 43.9 Å². The van der Waals surface area contributed by atoms with E-state index < -0.39 is 11.9 Å². The standard InChI is InChI=1S/C23H25F3N8/c1-33-12-15(19(32-33)23(24,25)26)18-20(27)29-22(30-21(18)28)34-17-9-5-4-8-14(17)16(31-34)11-10-13-6-2-3-7-13/h4-5,8-9,12-13H,2-3,6-7,10-11H2,1H3,(H4,27,28,29,30). The number of hydrogen-bond donors (Lipinski definition) is 2. The van der Waals surface area contributed by atoms with Crippen LogP contribution in [0.1, 0.15) is 43.5 Å². The van der Waals surface area contributed by atoms with Crippen LogP contribution in [0.4, 0.5) is 24.8 Å². The van der Waals surface area contributed by atoms with Crippen LogP contribution in [0.2, 0.25) is 0 Å². The number of halogens is 3. The molecule has 8 nitrogen and oxygen atoms in total. The molecule has 34 heavy (non-hydrogen) atoms. The van der Waals surface area contributed by atoms with Gasteiger partial charge in [0.1, 0.15) is 11.6 Å². The van der Waals surface area contributed by atoms with Gasteiger partial charge in [0.25, 0.3) is 5.95 Å². The summed E-state index contributed by atoms with van der Waals surface area (Å²) in [5.41, 5.74) is 12.5. The molecule has 0 aliphatic heterocycles. The van der Waals surface area contributed by atoms with E-state index in [1.807, 2.05) is 24.3 Å². The zero-order valence-corrected chi connectivity index (χ0v) is 18.7. The van der Waals surface area contributed by atoms with Gasteiger partial charge in [-0.05, 0) is 24.8 Å². The van der Waals surface area contributed by atoms with E-state index in [0.29, 0.717) is 5.92 Å². The van der Waals surface area contributed by atoms with Gasteiger partial charge in [-0.2, -0.15) is 38.0 Å². The van der Waals surface area contributed by atoms with Gasteiger partial charge in [-0.3, -0.25) is 4.68 Å². The molecule has 0 spiro atoms. The zero-order chi connectivity index (χ0) is 24.0. The number of alkyl halides is 3. The Bertz CT molecular complexity index is 1330. The fourth-order valence-electron chi connectivity index (χ4n) is 4.84. The highest BCUT2D eigenvalue weighted by molar-refractivity contribution is 5.86. The minimum Gasteiger partial charge on any atom is -0.383 e. The second kappa shape index (κ2) is 8.30. The van der Waals surface area contributed by atoms with Crippen molar-refractivity contribution in [2.24, 2.45) is 13.0 Å². The number of nitrogens with zero attached hydrogens (tertiary/aromatic N) is 6. The minimum absolute atomic E-state index is 0.0953. The Labute approximate surface area is 193 Å². The van der Waals surface area contributed by atoms with Crippen molar-refractivity contribution in [1.82, 2.24) is 29.5 Å². The number of nitrogen functional groups attached to an aromatic ring is 2. The van der Waals surface area contributed by atoms with E-state index in [0.717, 1.165) is 34.1 Å². The smallest absolute Gasteiger partial charge is 0.383 e. The third-order valence-electron chi connectivity index (χ3n) is 6.44. The molecule has 4 N–H and O–H groups in total. The SMILES string of the molecule is Cn1cc(-c2c(N)nc(-n3nc(CCC4CCCC4)c4ccccc43)nc2N)c(C(F)(F)F)n1. The fraction of sp³-hybridized carbons (Fsp3) is 0.391. The molecular formula is C23H25F3N8. The van der Waals surface area contributed by atoms with Gasteiger partial charge in [0.05, 0.1) is 16.8 Å². The van der Waals surface area contributed by atoms with Crippen LogP contribution in [0.3, 0.4) is 0 Å². The van der Waals surface area contributed by atoms with Gasteiger partial charge in [-0.25, -0.2) is 0 Å². The first-order chi connectivity index (χ1) is 16.2. The molecule has 0 saturated heterocycles. The van der Waals surface area contributed by atoms with Crippen molar-refractivity contribution >= 4 is 22.5 Å². The Morgan fingerprint density at radius 1 is 1.03 bits per heavy atom. The normalized spacial score (nSPS) is 14.9. The molecule has 0 radical (unpaired) electrons. The molecule has 11 heteroatoms. The van der Waals surface area contributed by atoms with E-state index in [2.05, 4.69) is 15.1 Å². The van der Waals surface area contributed by atoms with E-state index in [1.54, 1.807) is 4.68 Å². The summed E-state index contributed by atoms with van der Waals surface area (Å²) in [6.07, 6.45) is 3.49. The molecule has 3 aromatic heterocycles. The van der Waals surface area contributed by atoms with Crippen molar-refractivity contribution in [2.45, 2.75) is 44.7 Å². The van der Waals surface area contributed by atoms with Crippen molar-refractivity contribution in [1.29, 1.82) is 0 Å². The molecule has 5 rings (SSSR count). The Morgan fingerprint density at radius 2 is 1.71 bits per heavy atom. The third kappa shape index (κ3) is 3.95. The van der Waals surface area contributed by atoms with Crippen molar-refractivity contribution in [3.63, 3.8) is 0 Å². The number of benzene rings is 1. The summed E-state index contributed by atoms with van der Waals surface area (Å²) in [5, 5.41) is 9.26. The number of hydrogen-bond acceptors (Lipinski definition) is 6. The fourth-order valence-corrected chi connectivity index (χ4v) is 4.84. The average Bonchev–Trinajstić information content (AvgIpc) is 3.50. The van der Waals surface area contributed by atoms with Crippen LogP contribution >= 0.6 is 0 Å². The van der Waals surface area contributed by atoms with Crippen LogP contribution in [0, 0.1) is 5.92 Å². The van der Waals surface area contributed by atoms with E-state index in [9.17, 15) is 13.2 Å². The van der Waals surface area contributed by atoms with Crippen LogP contribution < -0.4 is 11.5 Å². The number of aryl methyl sites for hydroxylation is 2. The second-order valence-electron chi connectivity index (χ2n) is 8.80.